The van der Waals surface area contributed by atoms with Gasteiger partial charge in [0.15, 0.2) is 0 Å². The first kappa shape index (κ1) is 25.1. The number of alkyl halides is 2. The molecule has 9 heteroatoms. The number of benzene rings is 2. The van der Waals surface area contributed by atoms with Crippen molar-refractivity contribution in [2.45, 2.75) is 47.9 Å². The van der Waals surface area contributed by atoms with Gasteiger partial charge >= 0.3 is 215 Å². The molecule has 6 nitrogen and oxygen atoms in total. The van der Waals surface area contributed by atoms with Gasteiger partial charge in [-0.25, -0.2) is 0 Å². The Morgan fingerprint density at radius 3 is 2.69 bits per heavy atom. The minimum atomic E-state index is -1.73. The summed E-state index contributed by atoms with van der Waals surface area (Å²) >= 11 is -2.48. The zero-order valence-corrected chi connectivity index (χ0v) is 24.9. The molecule has 2 aliphatic rings. The van der Waals surface area contributed by atoms with Crippen molar-refractivity contribution < 1.29 is 36.8 Å². The van der Waals surface area contributed by atoms with Gasteiger partial charge in [0, 0.05) is 0 Å². The molecule has 1 aliphatic carbocycles. The quantitative estimate of drug-likeness (QED) is 0.122. The third-order valence-electron chi connectivity index (χ3n) is 6.56. The number of carbonyl (C=O) groups is 1. The van der Waals surface area contributed by atoms with E-state index in [1.807, 2.05) is 18.2 Å². The van der Waals surface area contributed by atoms with Crippen molar-refractivity contribution in [3.05, 3.63) is 61.7 Å². The van der Waals surface area contributed by atoms with Crippen LogP contribution in [0.3, 0.4) is 0 Å². The molecule has 0 fully saturated rings. The Kier molecular flexibility index (Phi) is 7.21. The maximum absolute atomic E-state index is 12.9. The SMILES string of the molecule is CCC1CC(O)(C(N)(N)N)C([I-]c2cccc3c2C=II(C)C3=O)c2ccc([NH3+])c(C)c21. The van der Waals surface area contributed by atoms with Crippen LogP contribution < -0.4 is 44.1 Å². The van der Waals surface area contributed by atoms with Crippen molar-refractivity contribution in [1.82, 2.24) is 0 Å². The first-order valence-corrected chi connectivity index (χ1v) is 23.5. The Morgan fingerprint density at radius 2 is 2.03 bits per heavy atom. The number of rotatable bonds is 4. The van der Waals surface area contributed by atoms with Crippen LogP contribution in [0.4, 0.5) is 5.69 Å². The van der Waals surface area contributed by atoms with Crippen LogP contribution in [-0.2, 0) is 0 Å². The summed E-state index contributed by atoms with van der Waals surface area (Å²) in [5, 5.41) is 12.0. The molecular formula is C23H31I3N4O2. The van der Waals surface area contributed by atoms with E-state index in [1.54, 1.807) is 0 Å². The molecule has 0 radical (unpaired) electrons. The van der Waals surface area contributed by atoms with E-state index in [-0.39, 0.29) is 26.6 Å². The molecule has 0 aromatic heterocycles. The number of hydrogen-bond donors (Lipinski definition) is 5. The maximum atomic E-state index is 12.9. The van der Waals surface area contributed by atoms with E-state index in [0.717, 1.165) is 28.8 Å². The summed E-state index contributed by atoms with van der Waals surface area (Å²) in [4.78, 5) is 15.1. The number of aliphatic hydroxyl groups is 1. The molecule has 0 bridgehead atoms. The van der Waals surface area contributed by atoms with Gasteiger partial charge < -0.3 is 0 Å². The molecule has 32 heavy (non-hydrogen) atoms. The second-order valence-electron chi connectivity index (χ2n) is 8.56. The van der Waals surface area contributed by atoms with Gasteiger partial charge in [0.25, 0.3) is 0 Å². The summed E-state index contributed by atoms with van der Waals surface area (Å²) in [7, 11) is 0. The second-order valence-corrected chi connectivity index (χ2v) is 27.3. The molecule has 0 saturated carbocycles. The van der Waals surface area contributed by atoms with Crippen LogP contribution in [-0.4, -0.2) is 29.2 Å². The fourth-order valence-corrected chi connectivity index (χ4v) is 18.9. The van der Waals surface area contributed by atoms with E-state index in [1.165, 1.54) is 14.7 Å². The molecule has 10 N–H and O–H groups in total. The van der Waals surface area contributed by atoms with E-state index in [4.69, 9.17) is 17.2 Å². The molecule has 2 aromatic carbocycles. The van der Waals surface area contributed by atoms with Gasteiger partial charge in [-0.1, -0.05) is 0 Å². The Hall–Kier alpha value is -0.0300. The molecular weight excluding hydrogens is 745 g/mol. The number of carbonyl (C=O) groups excluding carboxylic acids is 1. The number of quaternary nitrogens is 1. The Labute approximate surface area is 212 Å². The first-order valence-electron chi connectivity index (χ1n) is 10.4. The Balaban J connectivity index is 1.90. The Bertz CT molecular complexity index is 1120. The summed E-state index contributed by atoms with van der Waals surface area (Å²) in [6, 6.07) is 10.2. The average Bonchev–Trinajstić information content (AvgIpc) is 2.74. The van der Waals surface area contributed by atoms with Gasteiger partial charge in [0.05, 0.1) is 0 Å². The normalized spacial score (nSPS) is 26.5. The molecule has 0 saturated heterocycles. The number of hydrogen-bond acceptors (Lipinski definition) is 5. The molecule has 4 rings (SSSR count). The van der Waals surface area contributed by atoms with Gasteiger partial charge in [-0.05, 0) is 0 Å². The zero-order valence-electron chi connectivity index (χ0n) is 18.5. The van der Waals surface area contributed by atoms with Crippen LogP contribution >= 0.6 is 32.6 Å². The molecule has 3 unspecified atom stereocenters. The van der Waals surface area contributed by atoms with E-state index in [9.17, 15) is 9.90 Å². The third kappa shape index (κ3) is 4.14. The monoisotopic (exact) mass is 776 g/mol. The molecule has 3 atom stereocenters. The predicted molar refractivity (Wildman–Crippen MR) is 143 cm³/mol. The average molecular weight is 776 g/mol. The van der Waals surface area contributed by atoms with Crippen molar-refractivity contribution in [3.8, 4) is 0 Å². The molecule has 176 valence electrons. The Morgan fingerprint density at radius 1 is 1.31 bits per heavy atom. The van der Waals surface area contributed by atoms with Crippen LogP contribution in [0.25, 0.3) is 0 Å². The van der Waals surface area contributed by atoms with Gasteiger partial charge in [-0.3, -0.25) is 0 Å². The van der Waals surface area contributed by atoms with Crippen molar-refractivity contribution in [1.29, 1.82) is 0 Å². The van der Waals surface area contributed by atoms with Gasteiger partial charge in [0.2, 0.25) is 0 Å². The van der Waals surface area contributed by atoms with Crippen molar-refractivity contribution in [2.75, 3.05) is 4.93 Å². The van der Waals surface area contributed by atoms with Crippen molar-refractivity contribution >= 4 is 46.1 Å². The van der Waals surface area contributed by atoms with Gasteiger partial charge in [0.1, 0.15) is 0 Å². The van der Waals surface area contributed by atoms with Crippen LogP contribution in [0.5, 0.6) is 0 Å². The number of fused-ring (bicyclic) bond motifs is 2. The number of nitrogens with two attached hydrogens (primary N) is 3. The topological polar surface area (TPSA) is 143 Å². The van der Waals surface area contributed by atoms with E-state index < -0.39 is 48.4 Å². The summed E-state index contributed by atoms with van der Waals surface area (Å²) in [6.07, 6.45) is 1.28. The van der Waals surface area contributed by atoms with Crippen molar-refractivity contribution in [3.63, 3.8) is 0 Å². The number of halogens is 3. The van der Waals surface area contributed by atoms with Crippen LogP contribution in [0.1, 0.15) is 62.2 Å². The standard InChI is InChI=1S/C23H30I3N4O2/c1-4-13-10-22(32,23(28,29)30)20(15-8-9-18(27)12(2)19(13)15)25-17-7-5-6-14-16(17)11-24-26(3)21(14)31/h5-9,11,13,20,32H,4,10,27-30H2,1-3H3/q-1/p+1. The van der Waals surface area contributed by atoms with Gasteiger partial charge in [-0.15, -0.1) is 0 Å². The molecule has 1 aliphatic heterocycles. The van der Waals surface area contributed by atoms with Crippen molar-refractivity contribution in [2.24, 2.45) is 17.2 Å². The fraction of sp³-hybridized carbons (Fsp3) is 0.391. The van der Waals surface area contributed by atoms with E-state index in [2.05, 4.69) is 40.7 Å². The molecule has 2 aromatic rings. The summed E-state index contributed by atoms with van der Waals surface area (Å²) < 4.78 is 3.63. The molecule has 0 amide bonds. The second kappa shape index (κ2) is 9.21. The summed E-state index contributed by atoms with van der Waals surface area (Å²) in [5.41, 5.74) is 28.1. The third-order valence-corrected chi connectivity index (χ3v) is 22.8. The van der Waals surface area contributed by atoms with Crippen LogP contribution in [0.2, 0.25) is 0 Å². The van der Waals surface area contributed by atoms with Gasteiger partial charge in [-0.2, -0.15) is 0 Å². The van der Waals surface area contributed by atoms with Crippen LogP contribution in [0, 0.1) is 10.5 Å². The molecule has 1 heterocycles. The van der Waals surface area contributed by atoms with E-state index in [0.29, 0.717) is 10.2 Å². The first-order chi connectivity index (χ1) is 15.0. The zero-order chi connectivity index (χ0) is 23.4. The minimum absolute atomic E-state index is 0.114. The molecule has 0 spiro atoms. The fourth-order valence-electron chi connectivity index (χ4n) is 4.60. The summed E-state index contributed by atoms with van der Waals surface area (Å²) in [5.74, 6) is -1.62. The predicted octanol–water partition coefficient (Wildman–Crippen LogP) is -0.647. The van der Waals surface area contributed by atoms with Crippen LogP contribution in [0.15, 0.2) is 30.3 Å². The van der Waals surface area contributed by atoms with E-state index >= 15 is 0 Å². The summed E-state index contributed by atoms with van der Waals surface area (Å²) in [6.45, 7) is 4.23.